The number of carbonyl (C=O) groups is 1. The summed E-state index contributed by atoms with van der Waals surface area (Å²) in [5.41, 5.74) is 0. The number of nitrogens with zero attached hydrogens (tertiary/aromatic N) is 1. The largest absolute Gasteiger partial charge is 0.465 e. The molecule has 0 atom stereocenters. The second kappa shape index (κ2) is 7.12. The lowest BCUT2D eigenvalue weighted by atomic mass is 9.92. The molecule has 0 aliphatic heterocycles. The van der Waals surface area contributed by atoms with E-state index in [1.807, 2.05) is 0 Å². The summed E-state index contributed by atoms with van der Waals surface area (Å²) in [7, 11) is 1.65. The Bertz CT molecular complexity index is 217. The van der Waals surface area contributed by atoms with Gasteiger partial charge in [0.15, 0.2) is 0 Å². The van der Waals surface area contributed by atoms with Crippen molar-refractivity contribution in [3.8, 4) is 0 Å². The Hall–Kier alpha value is -0.290. The molecule has 0 heterocycles. The van der Waals surface area contributed by atoms with Crippen LogP contribution in [0, 0.1) is 0 Å². The summed E-state index contributed by atoms with van der Waals surface area (Å²) in [5, 5.41) is 9.84. The van der Waals surface area contributed by atoms with E-state index >= 15 is 0 Å². The molecular weight excluding hydrogens is 274 g/mol. The summed E-state index contributed by atoms with van der Waals surface area (Å²) in [4.78, 5) is 12.2. The highest BCUT2D eigenvalue weighted by molar-refractivity contribution is 9.09. The molecule has 0 aromatic carbocycles. The SMILES string of the molecule is CN(C(=O)O)C1CCC(OCCCBr)CC1. The Kier molecular flexibility index (Phi) is 6.13. The average molecular weight is 294 g/mol. The molecule has 0 aromatic heterocycles. The Morgan fingerprint density at radius 1 is 1.44 bits per heavy atom. The summed E-state index contributed by atoms with van der Waals surface area (Å²) >= 11 is 3.37. The first-order valence-electron chi connectivity index (χ1n) is 5.78. The smallest absolute Gasteiger partial charge is 0.407 e. The summed E-state index contributed by atoms with van der Waals surface area (Å²) in [6.45, 7) is 0.801. The van der Waals surface area contributed by atoms with Crippen molar-refractivity contribution in [3.05, 3.63) is 0 Å². The molecule has 0 radical (unpaired) electrons. The fourth-order valence-corrected chi connectivity index (χ4v) is 2.29. The van der Waals surface area contributed by atoms with Crippen molar-refractivity contribution < 1.29 is 14.6 Å². The molecule has 5 heteroatoms. The predicted molar refractivity (Wildman–Crippen MR) is 66.2 cm³/mol. The lowest BCUT2D eigenvalue weighted by Gasteiger charge is -2.33. The quantitative estimate of drug-likeness (QED) is 0.626. The maximum Gasteiger partial charge on any atom is 0.407 e. The molecule has 1 amide bonds. The molecule has 0 saturated heterocycles. The van der Waals surface area contributed by atoms with E-state index in [2.05, 4.69) is 15.9 Å². The maximum absolute atomic E-state index is 10.8. The molecule has 1 aliphatic rings. The van der Waals surface area contributed by atoms with Gasteiger partial charge in [0.05, 0.1) is 6.10 Å². The lowest BCUT2D eigenvalue weighted by Crippen LogP contribution is -2.39. The Morgan fingerprint density at radius 2 is 2.06 bits per heavy atom. The van der Waals surface area contributed by atoms with Crippen LogP contribution in [-0.2, 0) is 4.74 Å². The van der Waals surface area contributed by atoms with Gasteiger partial charge >= 0.3 is 6.09 Å². The number of carboxylic acid groups (broad SMARTS) is 1. The predicted octanol–water partition coefficient (Wildman–Crippen LogP) is 2.71. The van der Waals surface area contributed by atoms with Gasteiger partial charge in [0.25, 0.3) is 0 Å². The minimum atomic E-state index is -0.830. The normalized spacial score (nSPS) is 25.4. The topological polar surface area (TPSA) is 49.8 Å². The van der Waals surface area contributed by atoms with Gasteiger partial charge in [-0.15, -0.1) is 0 Å². The highest BCUT2D eigenvalue weighted by Crippen LogP contribution is 2.24. The van der Waals surface area contributed by atoms with Crippen LogP contribution in [-0.4, -0.2) is 47.2 Å². The first kappa shape index (κ1) is 13.8. The molecule has 4 nitrogen and oxygen atoms in total. The lowest BCUT2D eigenvalue weighted by molar-refractivity contribution is 0.0124. The van der Waals surface area contributed by atoms with Gasteiger partial charge in [-0.3, -0.25) is 0 Å². The molecular formula is C11H20BrNO3. The summed E-state index contributed by atoms with van der Waals surface area (Å²) in [6.07, 6.45) is 4.33. The van der Waals surface area contributed by atoms with Crippen molar-refractivity contribution >= 4 is 22.0 Å². The van der Waals surface area contributed by atoms with E-state index in [9.17, 15) is 4.79 Å². The third-order valence-electron chi connectivity index (χ3n) is 3.12. The Morgan fingerprint density at radius 3 is 2.56 bits per heavy atom. The number of rotatable bonds is 5. The van der Waals surface area contributed by atoms with E-state index in [1.54, 1.807) is 7.05 Å². The molecule has 1 rings (SSSR count). The monoisotopic (exact) mass is 293 g/mol. The van der Waals surface area contributed by atoms with Crippen LogP contribution in [0.1, 0.15) is 32.1 Å². The zero-order chi connectivity index (χ0) is 12.0. The number of halogens is 1. The van der Waals surface area contributed by atoms with Gasteiger partial charge in [0.2, 0.25) is 0 Å². The highest BCUT2D eigenvalue weighted by atomic mass is 79.9. The third-order valence-corrected chi connectivity index (χ3v) is 3.69. The number of hydrogen-bond acceptors (Lipinski definition) is 2. The Balaban J connectivity index is 2.20. The van der Waals surface area contributed by atoms with Crippen molar-refractivity contribution in [1.82, 2.24) is 4.90 Å². The fraction of sp³-hybridized carbons (Fsp3) is 0.909. The second-order valence-corrected chi connectivity index (χ2v) is 5.03. The van der Waals surface area contributed by atoms with E-state index in [1.165, 1.54) is 4.90 Å². The van der Waals surface area contributed by atoms with Crippen LogP contribution < -0.4 is 0 Å². The van der Waals surface area contributed by atoms with Gasteiger partial charge in [0, 0.05) is 25.0 Å². The molecule has 0 unspecified atom stereocenters. The van der Waals surface area contributed by atoms with Crippen molar-refractivity contribution in [2.75, 3.05) is 19.0 Å². The molecule has 94 valence electrons. The minimum absolute atomic E-state index is 0.175. The highest BCUT2D eigenvalue weighted by Gasteiger charge is 2.26. The average Bonchev–Trinajstić information content (AvgIpc) is 2.29. The minimum Gasteiger partial charge on any atom is -0.465 e. The first-order chi connectivity index (χ1) is 7.65. The number of hydrogen-bond donors (Lipinski definition) is 1. The van der Waals surface area contributed by atoms with Gasteiger partial charge in [-0.25, -0.2) is 4.79 Å². The molecule has 1 N–H and O–H groups in total. The fourth-order valence-electron chi connectivity index (χ4n) is 2.06. The summed E-state index contributed by atoms with van der Waals surface area (Å²) in [5.74, 6) is 0. The van der Waals surface area contributed by atoms with Gasteiger partial charge in [-0.05, 0) is 32.1 Å². The van der Waals surface area contributed by atoms with Crippen LogP contribution in [0.4, 0.5) is 4.79 Å². The van der Waals surface area contributed by atoms with E-state index in [0.717, 1.165) is 44.0 Å². The van der Waals surface area contributed by atoms with Gasteiger partial charge < -0.3 is 14.7 Å². The number of amides is 1. The van der Waals surface area contributed by atoms with Crippen molar-refractivity contribution in [2.24, 2.45) is 0 Å². The van der Waals surface area contributed by atoms with Gasteiger partial charge in [-0.1, -0.05) is 15.9 Å². The number of alkyl halides is 1. The maximum atomic E-state index is 10.8. The molecule has 1 saturated carbocycles. The molecule has 1 aliphatic carbocycles. The van der Waals surface area contributed by atoms with Crippen LogP contribution in [0.2, 0.25) is 0 Å². The van der Waals surface area contributed by atoms with Crippen molar-refractivity contribution in [1.29, 1.82) is 0 Å². The summed E-state index contributed by atoms with van der Waals surface area (Å²) in [6, 6.07) is 0.175. The molecule has 16 heavy (non-hydrogen) atoms. The van der Waals surface area contributed by atoms with Crippen molar-refractivity contribution in [2.45, 2.75) is 44.2 Å². The molecule has 0 spiro atoms. The van der Waals surface area contributed by atoms with E-state index in [-0.39, 0.29) is 6.04 Å². The molecule has 0 aromatic rings. The zero-order valence-corrected chi connectivity index (χ0v) is 11.3. The van der Waals surface area contributed by atoms with Gasteiger partial charge in [-0.2, -0.15) is 0 Å². The Labute approximate surface area is 105 Å². The van der Waals surface area contributed by atoms with E-state index in [0.29, 0.717) is 6.10 Å². The van der Waals surface area contributed by atoms with Crippen LogP contribution in [0.3, 0.4) is 0 Å². The van der Waals surface area contributed by atoms with Crippen molar-refractivity contribution in [3.63, 3.8) is 0 Å². The van der Waals surface area contributed by atoms with E-state index in [4.69, 9.17) is 9.84 Å². The second-order valence-electron chi connectivity index (χ2n) is 4.24. The van der Waals surface area contributed by atoms with Crippen LogP contribution >= 0.6 is 15.9 Å². The molecule has 1 fully saturated rings. The van der Waals surface area contributed by atoms with Crippen LogP contribution in [0.5, 0.6) is 0 Å². The number of ether oxygens (including phenoxy) is 1. The standard InChI is InChI=1S/C11H20BrNO3/c1-13(11(14)15)9-3-5-10(6-4-9)16-8-2-7-12/h9-10H,2-8H2,1H3,(H,14,15). The van der Waals surface area contributed by atoms with E-state index < -0.39 is 6.09 Å². The van der Waals surface area contributed by atoms with Crippen LogP contribution in [0.15, 0.2) is 0 Å². The third kappa shape index (κ3) is 4.29. The zero-order valence-electron chi connectivity index (χ0n) is 9.69. The van der Waals surface area contributed by atoms with Gasteiger partial charge in [0.1, 0.15) is 0 Å². The molecule has 0 bridgehead atoms. The summed E-state index contributed by atoms with van der Waals surface area (Å²) < 4.78 is 5.72. The van der Waals surface area contributed by atoms with Crippen LogP contribution in [0.25, 0.3) is 0 Å². The first-order valence-corrected chi connectivity index (χ1v) is 6.90.